The molecular formula is C26H27N3O5S. The molecule has 2 aliphatic heterocycles. The van der Waals surface area contributed by atoms with Gasteiger partial charge in [0, 0.05) is 19.2 Å². The summed E-state index contributed by atoms with van der Waals surface area (Å²) < 4.78 is 26.6. The molecule has 0 aliphatic carbocycles. The highest BCUT2D eigenvalue weighted by Crippen LogP contribution is 2.37. The molecule has 0 radical (unpaired) electrons. The third-order valence-corrected chi connectivity index (χ3v) is 6.80. The summed E-state index contributed by atoms with van der Waals surface area (Å²) in [5.74, 6) is -0.548. The Morgan fingerprint density at radius 1 is 1.11 bits per heavy atom. The van der Waals surface area contributed by atoms with Crippen molar-refractivity contribution in [2.45, 2.75) is 24.2 Å². The number of carbonyl (C=O) groups excluding carboxylic acids is 2. The fourth-order valence-corrected chi connectivity index (χ4v) is 4.70. The van der Waals surface area contributed by atoms with Crippen LogP contribution in [-0.2, 0) is 20.6 Å². The molecule has 2 amide bonds. The van der Waals surface area contributed by atoms with Crippen molar-refractivity contribution in [1.29, 1.82) is 0 Å². The second-order valence-electron chi connectivity index (χ2n) is 8.37. The monoisotopic (exact) mass is 493 g/mol. The van der Waals surface area contributed by atoms with E-state index in [-0.39, 0.29) is 6.79 Å². The van der Waals surface area contributed by atoms with E-state index in [1.165, 1.54) is 0 Å². The van der Waals surface area contributed by atoms with Crippen LogP contribution < -0.4 is 19.9 Å². The first-order valence-electron chi connectivity index (χ1n) is 11.1. The number of fused-ring (bicyclic) bond motifs is 1. The van der Waals surface area contributed by atoms with Crippen LogP contribution in [0.2, 0.25) is 0 Å². The Hall–Kier alpha value is -3.85. The van der Waals surface area contributed by atoms with E-state index in [1.807, 2.05) is 37.2 Å². The van der Waals surface area contributed by atoms with E-state index in [2.05, 4.69) is 4.72 Å². The van der Waals surface area contributed by atoms with Crippen LogP contribution in [0.3, 0.4) is 0 Å². The van der Waals surface area contributed by atoms with Gasteiger partial charge < -0.3 is 20.1 Å². The average molecular weight is 494 g/mol. The number of hydrogen-bond donors (Lipinski definition) is 2. The van der Waals surface area contributed by atoms with Gasteiger partial charge in [-0.05, 0) is 54.9 Å². The summed E-state index contributed by atoms with van der Waals surface area (Å²) in [6, 6.07) is 12.5. The Balaban J connectivity index is 1.68. The summed E-state index contributed by atoms with van der Waals surface area (Å²) in [6.07, 6.45) is 7.44. The van der Waals surface area contributed by atoms with Crippen LogP contribution >= 0.6 is 0 Å². The number of rotatable bonds is 6. The number of allylic oxidation sites excluding steroid dienone is 1. The molecule has 0 saturated carbocycles. The van der Waals surface area contributed by atoms with Crippen LogP contribution in [0.4, 0.5) is 0 Å². The number of nitrogens with two attached hydrogens (primary N) is 1. The number of nitrogens with zero attached hydrogens (tertiary/aromatic N) is 1. The van der Waals surface area contributed by atoms with E-state index < -0.39 is 28.7 Å². The van der Waals surface area contributed by atoms with Crippen molar-refractivity contribution in [2.75, 3.05) is 20.4 Å². The van der Waals surface area contributed by atoms with Gasteiger partial charge in [-0.2, -0.15) is 0 Å². The number of aryl methyl sites for hydroxylation is 1. The molecule has 182 valence electrons. The van der Waals surface area contributed by atoms with E-state index in [1.54, 1.807) is 48.6 Å². The zero-order valence-corrected chi connectivity index (χ0v) is 20.3. The van der Waals surface area contributed by atoms with Gasteiger partial charge in [-0.3, -0.25) is 14.3 Å². The van der Waals surface area contributed by atoms with Gasteiger partial charge in [-0.25, -0.2) is 4.21 Å². The standard InChI is InChI=1S/C26H27N3O5S/c1-17-6-9-21(10-7-17)35(32)28-26(31)24(19-8-11-22-23(14-19)34-16-33-22)20-5-3-4-18(25(27)30)12-13-29(2)15-20/h3-4,6-12,14-15,24H,5,13,16H2,1-2H3,(H2,27,30)(H,28,31)/b4-3-,18-12+,20-15+. The highest BCUT2D eigenvalue weighted by molar-refractivity contribution is 7.83. The normalized spacial score (nSPS) is 20.7. The molecule has 8 nitrogen and oxygen atoms in total. The lowest BCUT2D eigenvalue weighted by atomic mass is 9.88. The molecular weight excluding hydrogens is 466 g/mol. The summed E-state index contributed by atoms with van der Waals surface area (Å²) in [7, 11) is 0.109. The molecule has 0 fully saturated rings. The maximum atomic E-state index is 13.6. The van der Waals surface area contributed by atoms with Crippen LogP contribution in [0.15, 0.2) is 82.9 Å². The maximum absolute atomic E-state index is 13.6. The second-order valence-corrected chi connectivity index (χ2v) is 9.58. The largest absolute Gasteiger partial charge is 0.454 e. The van der Waals surface area contributed by atoms with E-state index in [9.17, 15) is 13.8 Å². The molecule has 2 aromatic rings. The molecule has 4 rings (SSSR count). The van der Waals surface area contributed by atoms with Gasteiger partial charge in [0.05, 0.1) is 10.8 Å². The van der Waals surface area contributed by atoms with E-state index in [4.69, 9.17) is 15.2 Å². The predicted octanol–water partition coefficient (Wildman–Crippen LogP) is 2.83. The smallest absolute Gasteiger partial charge is 0.248 e. The van der Waals surface area contributed by atoms with Gasteiger partial charge in [0.1, 0.15) is 0 Å². The third kappa shape index (κ3) is 5.81. The first-order valence-corrected chi connectivity index (χ1v) is 12.2. The molecule has 0 saturated heterocycles. The van der Waals surface area contributed by atoms with E-state index >= 15 is 0 Å². The summed E-state index contributed by atoms with van der Waals surface area (Å²) in [5, 5.41) is 0. The summed E-state index contributed by atoms with van der Waals surface area (Å²) >= 11 is 0. The minimum Gasteiger partial charge on any atom is -0.454 e. The van der Waals surface area contributed by atoms with Gasteiger partial charge in [0.2, 0.25) is 18.6 Å². The summed E-state index contributed by atoms with van der Waals surface area (Å²) in [5.41, 5.74) is 8.32. The zero-order valence-electron chi connectivity index (χ0n) is 19.5. The Morgan fingerprint density at radius 3 is 2.60 bits per heavy atom. The third-order valence-electron chi connectivity index (χ3n) is 5.71. The SMILES string of the molecule is Cc1ccc(S(=O)NC(=O)C(/C2=C/N(C)C/C=C(C(N)=O)\C=C/C2)c2ccc3c(c2)OCO3)cc1. The first kappa shape index (κ1) is 24.3. The lowest BCUT2D eigenvalue weighted by Gasteiger charge is -2.22. The highest BCUT2D eigenvalue weighted by Gasteiger charge is 2.29. The summed E-state index contributed by atoms with van der Waals surface area (Å²) in [4.78, 5) is 27.7. The number of likely N-dealkylation sites (N-methyl/N-ethyl adjacent to an activating group) is 1. The van der Waals surface area contributed by atoms with Gasteiger partial charge >= 0.3 is 0 Å². The lowest BCUT2D eigenvalue weighted by Crippen LogP contribution is -2.32. The predicted molar refractivity (Wildman–Crippen MR) is 133 cm³/mol. The Labute approximate surface area is 206 Å². The maximum Gasteiger partial charge on any atom is 0.248 e. The number of primary amides is 1. The molecule has 0 bridgehead atoms. The average Bonchev–Trinajstić information content (AvgIpc) is 3.31. The number of nitrogens with one attached hydrogen (secondary N) is 1. The lowest BCUT2D eigenvalue weighted by molar-refractivity contribution is -0.120. The van der Waals surface area contributed by atoms with Gasteiger partial charge in [0.15, 0.2) is 22.5 Å². The Bertz CT molecular complexity index is 1250. The van der Waals surface area contributed by atoms with Gasteiger partial charge in [-0.15, -0.1) is 0 Å². The molecule has 2 unspecified atom stereocenters. The molecule has 2 aromatic carbocycles. The van der Waals surface area contributed by atoms with Crippen molar-refractivity contribution in [3.63, 3.8) is 0 Å². The van der Waals surface area contributed by atoms with Crippen molar-refractivity contribution in [1.82, 2.24) is 9.62 Å². The Kier molecular flexibility index (Phi) is 7.36. The second kappa shape index (κ2) is 10.6. The zero-order chi connectivity index (χ0) is 24.9. The number of amides is 2. The van der Waals surface area contributed by atoms with Crippen molar-refractivity contribution in [2.24, 2.45) is 5.73 Å². The minimum atomic E-state index is -1.74. The Morgan fingerprint density at radius 2 is 1.86 bits per heavy atom. The molecule has 35 heavy (non-hydrogen) atoms. The first-order chi connectivity index (χ1) is 16.8. The molecule has 0 aromatic heterocycles. The molecule has 2 aliphatic rings. The molecule has 2 atom stereocenters. The van der Waals surface area contributed by atoms with E-state index in [0.717, 1.165) is 11.1 Å². The summed E-state index contributed by atoms with van der Waals surface area (Å²) in [6.45, 7) is 2.48. The molecule has 2 heterocycles. The van der Waals surface area contributed by atoms with Gasteiger partial charge in [-0.1, -0.05) is 42.0 Å². The number of carbonyl (C=O) groups is 2. The minimum absolute atomic E-state index is 0.114. The highest BCUT2D eigenvalue weighted by atomic mass is 32.2. The topological polar surface area (TPSA) is 111 Å². The van der Waals surface area contributed by atoms with Gasteiger partial charge in [0.25, 0.3) is 0 Å². The van der Waals surface area contributed by atoms with Crippen LogP contribution in [0.5, 0.6) is 11.5 Å². The number of ether oxygens (including phenoxy) is 2. The van der Waals surface area contributed by atoms with Crippen LogP contribution in [0.1, 0.15) is 23.5 Å². The number of hydrogen-bond acceptors (Lipinski definition) is 6. The van der Waals surface area contributed by atoms with Crippen LogP contribution in [0, 0.1) is 6.92 Å². The number of benzene rings is 2. The molecule has 0 spiro atoms. The van der Waals surface area contributed by atoms with Crippen molar-refractivity contribution >= 4 is 22.8 Å². The molecule has 9 heteroatoms. The van der Waals surface area contributed by atoms with Crippen molar-refractivity contribution in [3.8, 4) is 11.5 Å². The fourth-order valence-electron chi connectivity index (χ4n) is 3.89. The fraction of sp³-hybridized carbons (Fsp3) is 0.231. The van der Waals surface area contributed by atoms with E-state index in [0.29, 0.717) is 40.5 Å². The van der Waals surface area contributed by atoms with Crippen LogP contribution in [0.25, 0.3) is 0 Å². The quantitative estimate of drug-likeness (QED) is 0.640. The van der Waals surface area contributed by atoms with Crippen LogP contribution in [-0.4, -0.2) is 41.3 Å². The molecule has 3 N–H and O–H groups in total. The van der Waals surface area contributed by atoms with Crippen molar-refractivity contribution < 1.29 is 23.3 Å². The van der Waals surface area contributed by atoms with Crippen molar-refractivity contribution in [3.05, 3.63) is 89.2 Å².